The van der Waals surface area contributed by atoms with Crippen LogP contribution in [0, 0.1) is 12.8 Å². The van der Waals surface area contributed by atoms with Crippen LogP contribution < -0.4 is 11.1 Å². The fourth-order valence-electron chi connectivity index (χ4n) is 2.98. The molecule has 3 N–H and O–H groups in total. The van der Waals surface area contributed by atoms with Gasteiger partial charge in [0.25, 0.3) is 0 Å². The zero-order valence-corrected chi connectivity index (χ0v) is 15.6. The van der Waals surface area contributed by atoms with Crippen molar-refractivity contribution in [2.75, 3.05) is 6.54 Å². The molecule has 1 atom stereocenters. The largest absolute Gasteiger partial charge is 0.441 e. The van der Waals surface area contributed by atoms with Crippen LogP contribution in [0.3, 0.4) is 0 Å². The molecule has 2 rings (SSSR count). The van der Waals surface area contributed by atoms with Crippen LogP contribution in [-0.2, 0) is 11.2 Å². The van der Waals surface area contributed by atoms with Crippen LogP contribution >= 0.6 is 0 Å². The number of amides is 1. The molecule has 0 bridgehead atoms. The van der Waals surface area contributed by atoms with Gasteiger partial charge in [0.2, 0.25) is 5.91 Å². The van der Waals surface area contributed by atoms with Gasteiger partial charge < -0.3 is 15.5 Å². The van der Waals surface area contributed by atoms with Gasteiger partial charge >= 0.3 is 0 Å². The highest BCUT2D eigenvalue weighted by Crippen LogP contribution is 2.21. The standard InChI is InChI=1S/C20H29N3O2/c1-14(2)11-20(4,13-21)23-18(24)9-10-19-22-12-17(25-19)16-7-5-15(3)6-8-16/h5-8,12,14H,9-11,13,21H2,1-4H3,(H,23,24). The SMILES string of the molecule is Cc1ccc(-c2cnc(CCC(=O)NC(C)(CN)CC(C)C)o2)cc1. The maximum absolute atomic E-state index is 12.3. The summed E-state index contributed by atoms with van der Waals surface area (Å²) in [6, 6.07) is 8.08. The Hall–Kier alpha value is -2.14. The lowest BCUT2D eigenvalue weighted by molar-refractivity contribution is -0.123. The van der Waals surface area contributed by atoms with Gasteiger partial charge in [0.15, 0.2) is 11.7 Å². The van der Waals surface area contributed by atoms with Crippen molar-refractivity contribution < 1.29 is 9.21 Å². The number of aryl methyl sites for hydroxylation is 2. The molecule has 0 aliphatic carbocycles. The third-order valence-corrected chi connectivity index (χ3v) is 4.21. The van der Waals surface area contributed by atoms with E-state index in [0.717, 1.165) is 17.7 Å². The normalized spacial score (nSPS) is 13.7. The Morgan fingerprint density at radius 3 is 2.60 bits per heavy atom. The molecule has 136 valence electrons. The molecule has 1 unspecified atom stereocenters. The van der Waals surface area contributed by atoms with Crippen LogP contribution in [0.4, 0.5) is 0 Å². The van der Waals surface area contributed by atoms with Gasteiger partial charge in [0.05, 0.1) is 6.20 Å². The van der Waals surface area contributed by atoms with E-state index < -0.39 is 0 Å². The molecule has 0 spiro atoms. The number of benzene rings is 1. The van der Waals surface area contributed by atoms with Crippen LogP contribution in [0.15, 0.2) is 34.9 Å². The fourth-order valence-corrected chi connectivity index (χ4v) is 2.98. The summed E-state index contributed by atoms with van der Waals surface area (Å²) < 4.78 is 5.77. The molecule has 0 saturated heterocycles. The minimum atomic E-state index is -0.366. The van der Waals surface area contributed by atoms with E-state index >= 15 is 0 Å². The minimum absolute atomic E-state index is 0.0244. The van der Waals surface area contributed by atoms with Crippen LogP contribution in [0.5, 0.6) is 0 Å². The van der Waals surface area contributed by atoms with Crippen molar-refractivity contribution in [2.45, 2.75) is 52.5 Å². The summed E-state index contributed by atoms with van der Waals surface area (Å²) in [6.45, 7) is 8.71. The molecule has 0 saturated carbocycles. The molecular formula is C20H29N3O2. The van der Waals surface area contributed by atoms with Crippen LogP contribution in [0.1, 0.15) is 45.1 Å². The lowest BCUT2D eigenvalue weighted by Gasteiger charge is -2.31. The molecule has 1 heterocycles. The molecular weight excluding hydrogens is 314 g/mol. The molecule has 0 aliphatic rings. The molecule has 0 aliphatic heterocycles. The summed E-state index contributed by atoms with van der Waals surface area (Å²) in [5.74, 6) is 1.74. The highest BCUT2D eigenvalue weighted by Gasteiger charge is 2.25. The maximum Gasteiger partial charge on any atom is 0.220 e. The molecule has 0 radical (unpaired) electrons. The second kappa shape index (κ2) is 8.30. The van der Waals surface area contributed by atoms with Crippen molar-refractivity contribution in [3.63, 3.8) is 0 Å². The summed E-state index contributed by atoms with van der Waals surface area (Å²) in [5.41, 5.74) is 7.66. The molecule has 25 heavy (non-hydrogen) atoms. The third-order valence-electron chi connectivity index (χ3n) is 4.21. The number of nitrogens with zero attached hydrogens (tertiary/aromatic N) is 1. The second-order valence-corrected chi connectivity index (χ2v) is 7.40. The first-order valence-electron chi connectivity index (χ1n) is 8.84. The van der Waals surface area contributed by atoms with E-state index in [-0.39, 0.29) is 11.4 Å². The molecule has 0 fully saturated rings. The Kier molecular flexibility index (Phi) is 6.37. The van der Waals surface area contributed by atoms with Crippen molar-refractivity contribution in [3.05, 3.63) is 41.9 Å². The molecule has 1 aromatic heterocycles. The van der Waals surface area contributed by atoms with Gasteiger partial charge in [-0.15, -0.1) is 0 Å². The summed E-state index contributed by atoms with van der Waals surface area (Å²) in [4.78, 5) is 16.5. The van der Waals surface area contributed by atoms with E-state index in [1.165, 1.54) is 5.56 Å². The van der Waals surface area contributed by atoms with Gasteiger partial charge in [0.1, 0.15) is 0 Å². The van der Waals surface area contributed by atoms with Crippen molar-refractivity contribution in [2.24, 2.45) is 11.7 Å². The van der Waals surface area contributed by atoms with E-state index in [1.807, 2.05) is 38.1 Å². The number of hydrogen-bond acceptors (Lipinski definition) is 4. The zero-order chi connectivity index (χ0) is 18.4. The van der Waals surface area contributed by atoms with Gasteiger partial charge in [-0.3, -0.25) is 4.79 Å². The smallest absolute Gasteiger partial charge is 0.220 e. The number of nitrogens with two attached hydrogens (primary N) is 1. The highest BCUT2D eigenvalue weighted by atomic mass is 16.4. The quantitative estimate of drug-likeness (QED) is 0.769. The van der Waals surface area contributed by atoms with Crippen LogP contribution in [0.2, 0.25) is 0 Å². The average molecular weight is 343 g/mol. The number of carbonyl (C=O) groups is 1. The van der Waals surface area contributed by atoms with Gasteiger partial charge in [-0.05, 0) is 26.2 Å². The summed E-state index contributed by atoms with van der Waals surface area (Å²) in [5, 5.41) is 3.06. The Morgan fingerprint density at radius 2 is 2.00 bits per heavy atom. The van der Waals surface area contributed by atoms with Gasteiger partial charge in [0, 0.05) is 30.5 Å². The van der Waals surface area contributed by atoms with Gasteiger partial charge in [-0.2, -0.15) is 0 Å². The van der Waals surface area contributed by atoms with E-state index in [0.29, 0.717) is 31.2 Å². The number of nitrogens with one attached hydrogen (secondary N) is 1. The summed E-state index contributed by atoms with van der Waals surface area (Å²) in [7, 11) is 0. The number of rotatable bonds is 8. The molecule has 2 aromatic rings. The predicted molar refractivity (Wildman–Crippen MR) is 100 cm³/mol. The first-order valence-corrected chi connectivity index (χ1v) is 8.84. The second-order valence-electron chi connectivity index (χ2n) is 7.40. The molecule has 5 heteroatoms. The molecule has 1 amide bonds. The monoisotopic (exact) mass is 343 g/mol. The number of aromatic nitrogens is 1. The lowest BCUT2D eigenvalue weighted by Crippen LogP contribution is -2.52. The minimum Gasteiger partial charge on any atom is -0.441 e. The Morgan fingerprint density at radius 1 is 1.32 bits per heavy atom. The van der Waals surface area contributed by atoms with E-state index in [4.69, 9.17) is 10.2 Å². The van der Waals surface area contributed by atoms with Crippen molar-refractivity contribution in [1.29, 1.82) is 0 Å². The molecule has 5 nitrogen and oxygen atoms in total. The maximum atomic E-state index is 12.3. The third kappa shape index (κ3) is 5.71. The van der Waals surface area contributed by atoms with Crippen LogP contribution in [-0.4, -0.2) is 23.0 Å². The van der Waals surface area contributed by atoms with E-state index in [9.17, 15) is 4.79 Å². The number of hydrogen-bond donors (Lipinski definition) is 2. The highest BCUT2D eigenvalue weighted by molar-refractivity contribution is 5.77. The van der Waals surface area contributed by atoms with Crippen molar-refractivity contribution >= 4 is 5.91 Å². The van der Waals surface area contributed by atoms with Gasteiger partial charge in [-0.25, -0.2) is 4.98 Å². The number of oxazole rings is 1. The Bertz CT molecular complexity index is 691. The topological polar surface area (TPSA) is 81.2 Å². The van der Waals surface area contributed by atoms with Gasteiger partial charge in [-0.1, -0.05) is 43.7 Å². The summed E-state index contributed by atoms with van der Waals surface area (Å²) >= 11 is 0. The van der Waals surface area contributed by atoms with E-state index in [1.54, 1.807) is 6.20 Å². The average Bonchev–Trinajstić information content (AvgIpc) is 3.02. The van der Waals surface area contributed by atoms with Crippen molar-refractivity contribution in [3.8, 4) is 11.3 Å². The first kappa shape index (κ1) is 19.2. The van der Waals surface area contributed by atoms with Crippen molar-refractivity contribution in [1.82, 2.24) is 10.3 Å². The number of carbonyl (C=O) groups excluding carboxylic acids is 1. The van der Waals surface area contributed by atoms with E-state index in [2.05, 4.69) is 24.1 Å². The first-order chi connectivity index (χ1) is 11.8. The summed E-state index contributed by atoms with van der Waals surface area (Å²) in [6.07, 6.45) is 3.37. The van der Waals surface area contributed by atoms with Crippen LogP contribution in [0.25, 0.3) is 11.3 Å². The lowest BCUT2D eigenvalue weighted by atomic mass is 9.90. The predicted octanol–water partition coefficient (Wildman–Crippen LogP) is 3.46. The Labute approximate surface area is 150 Å². The molecule has 1 aromatic carbocycles. The Balaban J connectivity index is 1.91. The zero-order valence-electron chi connectivity index (χ0n) is 15.6. The fraction of sp³-hybridized carbons (Fsp3) is 0.500.